The van der Waals surface area contributed by atoms with Gasteiger partial charge in [-0.05, 0) is 17.7 Å². The van der Waals surface area contributed by atoms with Crippen molar-refractivity contribution in [2.75, 3.05) is 6.54 Å². The van der Waals surface area contributed by atoms with Crippen LogP contribution in [0.25, 0.3) is 0 Å². The fourth-order valence-electron chi connectivity index (χ4n) is 1.07. The number of hydrogen-bond donors (Lipinski definition) is 3. The van der Waals surface area contributed by atoms with E-state index in [1.807, 2.05) is 24.3 Å². The first-order chi connectivity index (χ1) is 7.09. The van der Waals surface area contributed by atoms with Gasteiger partial charge in [0.2, 0.25) is 5.91 Å². The highest BCUT2D eigenvalue weighted by atomic mass is 79.9. The van der Waals surface area contributed by atoms with Gasteiger partial charge in [0.25, 0.3) is 0 Å². The number of hydrogen-bond acceptors (Lipinski definition) is 3. The molecule has 4 nitrogen and oxygen atoms in total. The SMILES string of the molecule is NC(=O)C(N)CNCc1ccc(Br)cc1. The van der Waals surface area contributed by atoms with Crippen molar-refractivity contribution in [2.45, 2.75) is 12.6 Å². The number of carbonyl (C=O) groups is 1. The number of carbonyl (C=O) groups excluding carboxylic acids is 1. The molecule has 5 N–H and O–H groups in total. The average Bonchev–Trinajstić information content (AvgIpc) is 2.20. The van der Waals surface area contributed by atoms with Gasteiger partial charge in [-0.3, -0.25) is 4.79 Å². The molecule has 0 aromatic heterocycles. The third-order valence-electron chi connectivity index (χ3n) is 1.97. The standard InChI is InChI=1S/C10H14BrN3O/c11-8-3-1-7(2-4-8)5-14-6-9(12)10(13)15/h1-4,9,14H,5-6,12H2,(H2,13,15). The summed E-state index contributed by atoms with van der Waals surface area (Å²) in [6.45, 7) is 1.07. The van der Waals surface area contributed by atoms with Crippen LogP contribution < -0.4 is 16.8 Å². The highest BCUT2D eigenvalue weighted by Gasteiger charge is 2.07. The second-order valence-corrected chi connectivity index (χ2v) is 4.18. The van der Waals surface area contributed by atoms with Crippen molar-refractivity contribution in [1.29, 1.82) is 0 Å². The van der Waals surface area contributed by atoms with Crippen LogP contribution in [-0.4, -0.2) is 18.5 Å². The monoisotopic (exact) mass is 271 g/mol. The summed E-state index contributed by atoms with van der Waals surface area (Å²) < 4.78 is 1.04. The van der Waals surface area contributed by atoms with Crippen LogP contribution in [0.1, 0.15) is 5.56 Å². The second kappa shape index (κ2) is 5.85. The summed E-state index contributed by atoms with van der Waals surface area (Å²) in [7, 11) is 0. The molecule has 1 unspecified atom stereocenters. The average molecular weight is 272 g/mol. The number of halogens is 1. The zero-order valence-electron chi connectivity index (χ0n) is 8.24. The lowest BCUT2D eigenvalue weighted by atomic mass is 10.2. The summed E-state index contributed by atoms with van der Waals surface area (Å²) >= 11 is 3.35. The maximum absolute atomic E-state index is 10.6. The molecule has 1 rings (SSSR count). The molecule has 1 atom stereocenters. The van der Waals surface area contributed by atoms with E-state index < -0.39 is 11.9 Å². The topological polar surface area (TPSA) is 81.1 Å². The molecule has 15 heavy (non-hydrogen) atoms. The third kappa shape index (κ3) is 4.42. The predicted octanol–water partition coefficient (Wildman–Crippen LogP) is 0.351. The van der Waals surface area contributed by atoms with E-state index in [4.69, 9.17) is 11.5 Å². The Balaban J connectivity index is 2.32. The Bertz CT molecular complexity index is 326. The van der Waals surface area contributed by atoms with Gasteiger partial charge >= 0.3 is 0 Å². The summed E-state index contributed by atoms with van der Waals surface area (Å²) in [6, 6.07) is 7.29. The molecule has 0 radical (unpaired) electrons. The molecular formula is C10H14BrN3O. The zero-order chi connectivity index (χ0) is 11.3. The molecule has 1 aromatic rings. The number of amides is 1. The minimum absolute atomic E-state index is 0.394. The van der Waals surface area contributed by atoms with Crippen molar-refractivity contribution < 1.29 is 4.79 Å². The predicted molar refractivity (Wildman–Crippen MR) is 63.0 cm³/mol. The third-order valence-corrected chi connectivity index (χ3v) is 2.50. The van der Waals surface area contributed by atoms with Crippen molar-refractivity contribution in [3.63, 3.8) is 0 Å². The lowest BCUT2D eigenvalue weighted by Crippen LogP contribution is -2.44. The summed E-state index contributed by atoms with van der Waals surface area (Å²) in [5.74, 6) is -0.488. The van der Waals surface area contributed by atoms with E-state index >= 15 is 0 Å². The van der Waals surface area contributed by atoms with Crippen LogP contribution in [0.3, 0.4) is 0 Å². The normalized spacial score (nSPS) is 12.4. The van der Waals surface area contributed by atoms with Crippen LogP contribution >= 0.6 is 15.9 Å². The molecular weight excluding hydrogens is 258 g/mol. The highest BCUT2D eigenvalue weighted by molar-refractivity contribution is 9.10. The molecule has 0 aliphatic heterocycles. The van der Waals surface area contributed by atoms with Crippen LogP contribution in [0.5, 0.6) is 0 Å². The molecule has 0 spiro atoms. The van der Waals surface area contributed by atoms with Gasteiger partial charge in [0, 0.05) is 17.6 Å². The molecule has 1 aromatic carbocycles. The number of nitrogens with two attached hydrogens (primary N) is 2. The van der Waals surface area contributed by atoms with E-state index in [9.17, 15) is 4.79 Å². The van der Waals surface area contributed by atoms with Crippen LogP contribution in [0, 0.1) is 0 Å². The number of primary amides is 1. The number of benzene rings is 1. The summed E-state index contributed by atoms with van der Waals surface area (Å²) in [6.07, 6.45) is 0. The van der Waals surface area contributed by atoms with Crippen molar-refractivity contribution in [3.05, 3.63) is 34.3 Å². The molecule has 0 aliphatic carbocycles. The lowest BCUT2D eigenvalue weighted by molar-refractivity contribution is -0.119. The van der Waals surface area contributed by atoms with Gasteiger partial charge in [0.15, 0.2) is 0 Å². The van der Waals surface area contributed by atoms with Crippen LogP contribution in [0.2, 0.25) is 0 Å². The minimum atomic E-state index is -0.625. The first-order valence-corrected chi connectivity index (χ1v) is 5.39. The van der Waals surface area contributed by atoms with Gasteiger partial charge in [-0.15, -0.1) is 0 Å². The molecule has 0 saturated heterocycles. The maximum atomic E-state index is 10.6. The Labute approximate surface area is 97.1 Å². The summed E-state index contributed by atoms with van der Waals surface area (Å²) in [5, 5.41) is 3.06. The Morgan fingerprint density at radius 1 is 1.40 bits per heavy atom. The minimum Gasteiger partial charge on any atom is -0.368 e. The quantitative estimate of drug-likeness (QED) is 0.723. The summed E-state index contributed by atoms with van der Waals surface area (Å²) in [5.41, 5.74) is 11.6. The van der Waals surface area contributed by atoms with E-state index in [2.05, 4.69) is 21.2 Å². The van der Waals surface area contributed by atoms with E-state index in [0.29, 0.717) is 13.1 Å². The lowest BCUT2D eigenvalue weighted by Gasteiger charge is -2.08. The largest absolute Gasteiger partial charge is 0.368 e. The Morgan fingerprint density at radius 2 is 2.00 bits per heavy atom. The van der Waals surface area contributed by atoms with Gasteiger partial charge < -0.3 is 16.8 Å². The number of nitrogens with one attached hydrogen (secondary N) is 1. The van der Waals surface area contributed by atoms with Crippen molar-refractivity contribution in [3.8, 4) is 0 Å². The Kier molecular flexibility index (Phi) is 4.74. The van der Waals surface area contributed by atoms with Crippen molar-refractivity contribution in [1.82, 2.24) is 5.32 Å². The van der Waals surface area contributed by atoms with Gasteiger partial charge in [-0.1, -0.05) is 28.1 Å². The Morgan fingerprint density at radius 3 is 2.53 bits per heavy atom. The molecule has 0 saturated carbocycles. The van der Waals surface area contributed by atoms with E-state index in [-0.39, 0.29) is 0 Å². The number of rotatable bonds is 5. The van der Waals surface area contributed by atoms with Gasteiger partial charge in [0.1, 0.15) is 0 Å². The smallest absolute Gasteiger partial charge is 0.235 e. The molecule has 82 valence electrons. The fraction of sp³-hybridized carbons (Fsp3) is 0.300. The molecule has 0 aliphatic rings. The zero-order valence-corrected chi connectivity index (χ0v) is 9.83. The maximum Gasteiger partial charge on any atom is 0.235 e. The van der Waals surface area contributed by atoms with Gasteiger partial charge in [-0.2, -0.15) is 0 Å². The molecule has 0 heterocycles. The molecule has 0 fully saturated rings. The second-order valence-electron chi connectivity index (χ2n) is 3.27. The van der Waals surface area contributed by atoms with Gasteiger partial charge in [0.05, 0.1) is 6.04 Å². The Hall–Kier alpha value is -0.910. The molecule has 0 bridgehead atoms. The first kappa shape index (κ1) is 12.2. The first-order valence-electron chi connectivity index (χ1n) is 4.59. The summed E-state index contributed by atoms with van der Waals surface area (Å²) in [4.78, 5) is 10.6. The van der Waals surface area contributed by atoms with Crippen molar-refractivity contribution >= 4 is 21.8 Å². The van der Waals surface area contributed by atoms with Crippen LogP contribution in [-0.2, 0) is 11.3 Å². The molecule has 5 heteroatoms. The molecule has 1 amide bonds. The van der Waals surface area contributed by atoms with E-state index in [1.165, 1.54) is 0 Å². The highest BCUT2D eigenvalue weighted by Crippen LogP contribution is 2.09. The van der Waals surface area contributed by atoms with E-state index in [0.717, 1.165) is 10.0 Å². The fourth-order valence-corrected chi connectivity index (χ4v) is 1.34. The van der Waals surface area contributed by atoms with E-state index in [1.54, 1.807) is 0 Å². The van der Waals surface area contributed by atoms with Gasteiger partial charge in [-0.25, -0.2) is 0 Å². The van der Waals surface area contributed by atoms with Crippen molar-refractivity contribution in [2.24, 2.45) is 11.5 Å². The van der Waals surface area contributed by atoms with Crippen LogP contribution in [0.4, 0.5) is 0 Å². The van der Waals surface area contributed by atoms with Crippen LogP contribution in [0.15, 0.2) is 28.7 Å².